The molecule has 0 spiro atoms. The van der Waals surface area contributed by atoms with Crippen LogP contribution in [0.1, 0.15) is 31.2 Å². The van der Waals surface area contributed by atoms with Crippen LogP contribution in [-0.2, 0) is 0 Å². The summed E-state index contributed by atoms with van der Waals surface area (Å²) in [5.74, 6) is 1.68. The van der Waals surface area contributed by atoms with Crippen molar-refractivity contribution in [3.63, 3.8) is 0 Å². The Balaban J connectivity index is 1.38. The minimum Gasteiger partial charge on any atom is -0.486 e. The predicted octanol–water partition coefficient (Wildman–Crippen LogP) is 5.92. The van der Waals surface area contributed by atoms with Gasteiger partial charge in [-0.15, -0.1) is 0 Å². The Kier molecular flexibility index (Phi) is 6.11. The Morgan fingerprint density at radius 2 is 1.89 bits per heavy atom. The van der Waals surface area contributed by atoms with Gasteiger partial charge < -0.3 is 14.5 Å². The quantitative estimate of drug-likeness (QED) is 0.347. The van der Waals surface area contributed by atoms with Gasteiger partial charge in [0.1, 0.15) is 23.4 Å². The topological polar surface area (TPSA) is 70.2 Å². The van der Waals surface area contributed by atoms with Crippen molar-refractivity contribution < 1.29 is 4.74 Å². The van der Waals surface area contributed by atoms with E-state index in [1.165, 1.54) is 0 Å². The second-order valence-corrected chi connectivity index (χ2v) is 10.4. The summed E-state index contributed by atoms with van der Waals surface area (Å²) in [5, 5.41) is 9.62. The molecule has 1 saturated heterocycles. The molecule has 35 heavy (non-hydrogen) atoms. The number of likely N-dealkylation sites (N-methyl/N-ethyl adjacent to an activating group) is 1. The number of benzene rings is 1. The zero-order valence-corrected chi connectivity index (χ0v) is 21.9. The van der Waals surface area contributed by atoms with Crippen molar-refractivity contribution in [2.24, 2.45) is 0 Å². The van der Waals surface area contributed by atoms with E-state index >= 15 is 0 Å². The summed E-state index contributed by atoms with van der Waals surface area (Å²) in [7, 11) is 4.24. The van der Waals surface area contributed by atoms with Gasteiger partial charge >= 0.3 is 0 Å². The van der Waals surface area contributed by atoms with Crippen molar-refractivity contribution in [2.75, 3.05) is 32.1 Å². The molecule has 0 aliphatic carbocycles. The normalized spacial score (nSPS) is 15.9. The molecule has 1 fully saturated rings. The Morgan fingerprint density at radius 3 is 2.57 bits per heavy atom. The van der Waals surface area contributed by atoms with E-state index in [1.807, 2.05) is 38.2 Å². The number of rotatable bonds is 6. The number of nitrogens with zero attached hydrogens (tertiary/aromatic N) is 5. The summed E-state index contributed by atoms with van der Waals surface area (Å²) >= 11 is 12.8. The van der Waals surface area contributed by atoms with E-state index in [9.17, 15) is 0 Å². The minimum absolute atomic E-state index is 0.190. The molecule has 0 amide bonds. The summed E-state index contributed by atoms with van der Waals surface area (Å²) in [5.41, 5.74) is 4.32. The Labute approximate surface area is 215 Å². The third-order valence-corrected chi connectivity index (χ3v) is 7.70. The summed E-state index contributed by atoms with van der Waals surface area (Å²) in [6.07, 6.45) is 3.13. The fourth-order valence-corrected chi connectivity index (χ4v) is 5.09. The molecule has 5 rings (SSSR count). The smallest absolute Gasteiger partial charge is 0.128 e. The lowest BCUT2D eigenvalue weighted by molar-refractivity contribution is 0.132. The van der Waals surface area contributed by atoms with Crippen LogP contribution in [0.3, 0.4) is 0 Å². The maximum Gasteiger partial charge on any atom is 0.128 e. The third-order valence-electron chi connectivity index (χ3n) is 6.92. The molecule has 0 radical (unpaired) electrons. The van der Waals surface area contributed by atoms with Crippen LogP contribution >= 0.6 is 23.2 Å². The van der Waals surface area contributed by atoms with Crippen molar-refractivity contribution >= 4 is 39.9 Å². The molecule has 1 aliphatic rings. The number of pyridine rings is 2. The highest BCUT2D eigenvalue weighted by atomic mass is 35.5. The van der Waals surface area contributed by atoms with Crippen LogP contribution in [0, 0.1) is 6.92 Å². The first-order valence-electron chi connectivity index (χ1n) is 11.5. The van der Waals surface area contributed by atoms with Crippen LogP contribution in [0.5, 0.6) is 5.75 Å². The average Bonchev–Trinajstić information content (AvgIpc) is 3.23. The Morgan fingerprint density at radius 1 is 1.11 bits per heavy atom. The molecule has 9 heteroatoms. The molecule has 0 bridgehead atoms. The number of aryl methyl sites for hydroxylation is 1. The standard InChI is InChI=1S/C26H28Cl2N6O/c1-15-24(28)23(20(27)12-29-15)16(2)35-18-7-8-21-19(10-18)25(32-31-21)17-6-9-22(30-11-17)34-13-26(3,14-34)33(4)5/h6-12,16H,13-14H2,1-5H3,(H,31,32)/t16-/m1/s1. The van der Waals surface area contributed by atoms with Gasteiger partial charge in [0, 0.05) is 42.0 Å². The molecule has 1 atom stereocenters. The largest absolute Gasteiger partial charge is 0.486 e. The van der Waals surface area contributed by atoms with E-state index in [-0.39, 0.29) is 11.6 Å². The van der Waals surface area contributed by atoms with Gasteiger partial charge in [-0.3, -0.25) is 10.1 Å². The van der Waals surface area contributed by atoms with Crippen LogP contribution in [0.25, 0.3) is 22.2 Å². The average molecular weight is 511 g/mol. The molecule has 182 valence electrons. The van der Waals surface area contributed by atoms with Gasteiger partial charge in [0.25, 0.3) is 0 Å². The van der Waals surface area contributed by atoms with Crippen LogP contribution in [-0.4, -0.2) is 57.8 Å². The summed E-state index contributed by atoms with van der Waals surface area (Å²) in [6, 6.07) is 9.97. The number of H-pyrrole nitrogens is 1. The van der Waals surface area contributed by atoms with Crippen LogP contribution in [0.2, 0.25) is 10.0 Å². The lowest BCUT2D eigenvalue weighted by atomic mass is 9.91. The van der Waals surface area contributed by atoms with Gasteiger partial charge in [0.05, 0.1) is 26.8 Å². The van der Waals surface area contributed by atoms with Crippen molar-refractivity contribution in [1.82, 2.24) is 25.1 Å². The molecule has 4 heterocycles. The maximum atomic E-state index is 6.47. The lowest BCUT2D eigenvalue weighted by Gasteiger charge is -2.52. The van der Waals surface area contributed by atoms with Crippen LogP contribution in [0.15, 0.2) is 42.7 Å². The summed E-state index contributed by atoms with van der Waals surface area (Å²) in [6.45, 7) is 7.96. The highest BCUT2D eigenvalue weighted by molar-refractivity contribution is 6.36. The molecule has 1 aliphatic heterocycles. The van der Waals surface area contributed by atoms with Gasteiger partial charge in [-0.1, -0.05) is 23.2 Å². The fourth-order valence-electron chi connectivity index (χ4n) is 4.44. The van der Waals surface area contributed by atoms with Gasteiger partial charge in [0.2, 0.25) is 0 Å². The molecule has 3 aromatic heterocycles. The van der Waals surface area contributed by atoms with Crippen molar-refractivity contribution in [2.45, 2.75) is 32.4 Å². The molecular weight excluding hydrogens is 483 g/mol. The summed E-state index contributed by atoms with van der Waals surface area (Å²) < 4.78 is 6.23. The number of hydrogen-bond acceptors (Lipinski definition) is 6. The highest BCUT2D eigenvalue weighted by Gasteiger charge is 2.41. The van der Waals surface area contributed by atoms with Crippen molar-refractivity contribution in [3.05, 3.63) is 64.0 Å². The highest BCUT2D eigenvalue weighted by Crippen LogP contribution is 2.36. The van der Waals surface area contributed by atoms with Gasteiger partial charge in [0.15, 0.2) is 0 Å². The molecule has 0 unspecified atom stereocenters. The van der Waals surface area contributed by atoms with Crippen LogP contribution < -0.4 is 9.64 Å². The van der Waals surface area contributed by atoms with Gasteiger partial charge in [-0.25, -0.2) is 4.98 Å². The number of ether oxygens (including phenoxy) is 1. The first kappa shape index (κ1) is 23.9. The van der Waals surface area contributed by atoms with Crippen molar-refractivity contribution in [1.29, 1.82) is 0 Å². The molecule has 1 N–H and O–H groups in total. The maximum absolute atomic E-state index is 6.47. The number of fused-ring (bicyclic) bond motifs is 1. The molecule has 0 saturated carbocycles. The van der Waals surface area contributed by atoms with E-state index in [2.05, 4.69) is 58.1 Å². The monoisotopic (exact) mass is 510 g/mol. The summed E-state index contributed by atoms with van der Waals surface area (Å²) in [4.78, 5) is 13.5. The number of anilines is 1. The molecule has 1 aromatic carbocycles. The van der Waals surface area contributed by atoms with E-state index in [0.717, 1.165) is 52.3 Å². The first-order chi connectivity index (χ1) is 16.7. The number of nitrogens with one attached hydrogen (secondary N) is 1. The van der Waals surface area contributed by atoms with Gasteiger partial charge in [-0.2, -0.15) is 5.10 Å². The fraction of sp³-hybridized carbons (Fsp3) is 0.346. The molecule has 4 aromatic rings. The van der Waals surface area contributed by atoms with E-state index in [0.29, 0.717) is 15.8 Å². The van der Waals surface area contributed by atoms with Gasteiger partial charge in [-0.05, 0) is 65.2 Å². The molecule has 7 nitrogen and oxygen atoms in total. The van der Waals surface area contributed by atoms with Crippen molar-refractivity contribution in [3.8, 4) is 17.0 Å². The second kappa shape index (κ2) is 8.97. The Bertz CT molecular complexity index is 1380. The minimum atomic E-state index is -0.352. The van der Waals surface area contributed by atoms with Crippen LogP contribution in [0.4, 0.5) is 5.82 Å². The SMILES string of the molecule is Cc1ncc(Cl)c([C@@H](C)Oc2ccc3[nH]nc(-c4ccc(N5CC(C)(N(C)C)C5)nc4)c3c2)c1Cl. The number of aromatic nitrogens is 4. The predicted molar refractivity (Wildman–Crippen MR) is 142 cm³/mol. The molecular formula is C26H28Cl2N6O. The zero-order valence-electron chi connectivity index (χ0n) is 20.4. The zero-order chi connectivity index (χ0) is 24.9. The lowest BCUT2D eigenvalue weighted by Crippen LogP contribution is -2.67. The number of aromatic amines is 1. The Hall–Kier alpha value is -2.87. The first-order valence-corrected chi connectivity index (χ1v) is 12.3. The van der Waals surface area contributed by atoms with E-state index in [1.54, 1.807) is 6.20 Å². The van der Waals surface area contributed by atoms with E-state index in [4.69, 9.17) is 32.9 Å². The third kappa shape index (κ3) is 4.33. The number of halogens is 2. The van der Waals surface area contributed by atoms with E-state index < -0.39 is 0 Å². The second-order valence-electron chi connectivity index (χ2n) is 9.61. The number of hydrogen-bond donors (Lipinski definition) is 1.